The monoisotopic (exact) mass is 487 g/mol. The first kappa shape index (κ1) is 23.7. The van der Waals surface area contributed by atoms with Crippen LogP contribution in [0.3, 0.4) is 0 Å². The molecule has 1 N–H and O–H groups in total. The third kappa shape index (κ3) is 5.72. The van der Waals surface area contributed by atoms with Crippen molar-refractivity contribution in [3.8, 4) is 5.88 Å². The molecular weight excluding hydrogens is 464 g/mol. The number of thiophene rings is 1. The SMILES string of the molecule is COc1cc(CNC(=O)c2ccc(CN3CCN(C(=O)c4nc(F)ccc4F)CC3)s2)ccn1. The fourth-order valence-corrected chi connectivity index (χ4v) is 4.54. The largest absolute Gasteiger partial charge is 0.481 e. The van der Waals surface area contributed by atoms with E-state index >= 15 is 0 Å². The number of hydrogen-bond donors (Lipinski definition) is 1. The van der Waals surface area contributed by atoms with Crippen LogP contribution in [0.1, 0.15) is 30.6 Å². The average molecular weight is 488 g/mol. The molecule has 0 aliphatic carbocycles. The van der Waals surface area contributed by atoms with E-state index in [0.29, 0.717) is 50.0 Å². The van der Waals surface area contributed by atoms with Crippen LogP contribution >= 0.6 is 11.3 Å². The summed E-state index contributed by atoms with van der Waals surface area (Å²) < 4.78 is 32.3. The lowest BCUT2D eigenvalue weighted by Crippen LogP contribution is -2.48. The second-order valence-electron chi connectivity index (χ2n) is 7.69. The molecule has 0 spiro atoms. The minimum Gasteiger partial charge on any atom is -0.481 e. The zero-order chi connectivity index (χ0) is 24.1. The highest BCUT2D eigenvalue weighted by molar-refractivity contribution is 7.14. The molecule has 2 amide bonds. The first-order chi connectivity index (χ1) is 16.4. The molecule has 1 saturated heterocycles. The van der Waals surface area contributed by atoms with E-state index in [-0.39, 0.29) is 5.91 Å². The Morgan fingerprint density at radius 1 is 1.12 bits per heavy atom. The highest BCUT2D eigenvalue weighted by Crippen LogP contribution is 2.20. The number of ether oxygens (including phenoxy) is 1. The summed E-state index contributed by atoms with van der Waals surface area (Å²) in [6, 6.07) is 9.08. The van der Waals surface area contributed by atoms with E-state index < -0.39 is 23.4 Å². The van der Waals surface area contributed by atoms with Crippen LogP contribution < -0.4 is 10.1 Å². The van der Waals surface area contributed by atoms with Crippen molar-refractivity contribution < 1.29 is 23.1 Å². The van der Waals surface area contributed by atoms with Gasteiger partial charge in [-0.1, -0.05) is 0 Å². The summed E-state index contributed by atoms with van der Waals surface area (Å²) >= 11 is 1.41. The molecule has 3 aromatic rings. The number of amides is 2. The van der Waals surface area contributed by atoms with Crippen LogP contribution in [0.15, 0.2) is 42.6 Å². The molecule has 34 heavy (non-hydrogen) atoms. The van der Waals surface area contributed by atoms with Crippen molar-refractivity contribution >= 4 is 23.2 Å². The van der Waals surface area contributed by atoms with Gasteiger partial charge in [0.1, 0.15) is 0 Å². The highest BCUT2D eigenvalue weighted by atomic mass is 32.1. The Labute approximate surface area is 199 Å². The Balaban J connectivity index is 1.27. The van der Waals surface area contributed by atoms with E-state index in [4.69, 9.17) is 4.74 Å². The molecule has 1 aliphatic heterocycles. The third-order valence-electron chi connectivity index (χ3n) is 5.40. The van der Waals surface area contributed by atoms with Gasteiger partial charge in [-0.05, 0) is 35.9 Å². The van der Waals surface area contributed by atoms with Crippen LogP contribution in [-0.4, -0.2) is 64.9 Å². The third-order valence-corrected chi connectivity index (χ3v) is 6.47. The molecule has 3 aromatic heterocycles. The maximum atomic E-state index is 13.9. The number of hydrogen-bond acceptors (Lipinski definition) is 7. The van der Waals surface area contributed by atoms with Gasteiger partial charge in [0.2, 0.25) is 11.8 Å². The van der Waals surface area contributed by atoms with Crippen molar-refractivity contribution in [3.63, 3.8) is 0 Å². The second-order valence-corrected chi connectivity index (χ2v) is 8.86. The summed E-state index contributed by atoms with van der Waals surface area (Å²) in [5.41, 5.74) is 0.394. The van der Waals surface area contributed by atoms with E-state index in [9.17, 15) is 18.4 Å². The van der Waals surface area contributed by atoms with Gasteiger partial charge in [-0.15, -0.1) is 11.3 Å². The number of halogens is 2. The summed E-state index contributed by atoms with van der Waals surface area (Å²) in [4.78, 5) is 37.7. The van der Waals surface area contributed by atoms with Gasteiger partial charge in [0.05, 0.1) is 12.0 Å². The van der Waals surface area contributed by atoms with Gasteiger partial charge in [-0.3, -0.25) is 14.5 Å². The first-order valence-electron chi connectivity index (χ1n) is 10.6. The number of nitrogens with zero attached hydrogens (tertiary/aromatic N) is 4. The van der Waals surface area contributed by atoms with Crippen LogP contribution in [0, 0.1) is 11.8 Å². The minimum absolute atomic E-state index is 0.160. The molecule has 4 heterocycles. The van der Waals surface area contributed by atoms with E-state index in [1.54, 1.807) is 18.3 Å². The van der Waals surface area contributed by atoms with Crippen molar-refractivity contribution in [1.29, 1.82) is 0 Å². The molecule has 1 aliphatic rings. The summed E-state index contributed by atoms with van der Waals surface area (Å²) in [6.45, 7) is 2.91. The molecule has 0 saturated carbocycles. The Kier molecular flexibility index (Phi) is 7.43. The number of rotatable bonds is 7. The standard InChI is InChI=1S/C23H23F2N5O3S/c1-33-20-12-15(6-7-26-20)13-27-22(31)18-4-2-16(34-18)14-29-8-10-30(11-9-29)23(32)21-17(24)3-5-19(25)28-21/h2-7,12H,8-11,13-14H2,1H3,(H,27,31). The summed E-state index contributed by atoms with van der Waals surface area (Å²) in [7, 11) is 1.54. The molecule has 4 rings (SSSR count). The summed E-state index contributed by atoms with van der Waals surface area (Å²) in [5, 5.41) is 2.89. The fraction of sp³-hybridized carbons (Fsp3) is 0.304. The Bertz CT molecular complexity index is 1180. The lowest BCUT2D eigenvalue weighted by atomic mass is 10.2. The van der Waals surface area contributed by atoms with Gasteiger partial charge >= 0.3 is 0 Å². The van der Waals surface area contributed by atoms with Gasteiger partial charge in [-0.25, -0.2) is 14.4 Å². The van der Waals surface area contributed by atoms with Gasteiger partial charge in [-0.2, -0.15) is 4.39 Å². The maximum absolute atomic E-state index is 13.9. The van der Waals surface area contributed by atoms with Crippen molar-refractivity contribution in [2.24, 2.45) is 0 Å². The Morgan fingerprint density at radius 3 is 2.68 bits per heavy atom. The Hall–Kier alpha value is -3.44. The van der Waals surface area contributed by atoms with Gasteiger partial charge < -0.3 is 15.0 Å². The molecule has 0 bridgehead atoms. The van der Waals surface area contributed by atoms with Crippen molar-refractivity contribution in [3.05, 3.63) is 75.4 Å². The zero-order valence-electron chi connectivity index (χ0n) is 18.5. The zero-order valence-corrected chi connectivity index (χ0v) is 19.3. The summed E-state index contributed by atoms with van der Waals surface area (Å²) in [6.07, 6.45) is 1.63. The second kappa shape index (κ2) is 10.7. The molecule has 0 atom stereocenters. The number of piperazine rings is 1. The van der Waals surface area contributed by atoms with Crippen LogP contribution in [0.4, 0.5) is 8.78 Å². The molecule has 0 aromatic carbocycles. The predicted octanol–water partition coefficient (Wildman–Crippen LogP) is 2.71. The molecule has 1 fully saturated rings. The van der Waals surface area contributed by atoms with Gasteiger partial charge in [0.25, 0.3) is 11.8 Å². The quantitative estimate of drug-likeness (QED) is 0.516. The minimum atomic E-state index is -0.888. The normalized spacial score (nSPS) is 14.1. The van der Waals surface area contributed by atoms with Crippen molar-refractivity contribution in [2.75, 3.05) is 33.3 Å². The molecule has 8 nitrogen and oxygen atoms in total. The molecule has 178 valence electrons. The molecular formula is C23H23F2N5O3S. The first-order valence-corrected chi connectivity index (χ1v) is 11.4. The number of aromatic nitrogens is 2. The van der Waals surface area contributed by atoms with E-state index in [1.165, 1.54) is 23.3 Å². The van der Waals surface area contributed by atoms with Crippen LogP contribution in [0.25, 0.3) is 0 Å². The number of carbonyl (C=O) groups excluding carboxylic acids is 2. The molecule has 11 heteroatoms. The maximum Gasteiger partial charge on any atom is 0.275 e. The number of pyridine rings is 2. The van der Waals surface area contributed by atoms with Crippen LogP contribution in [0.5, 0.6) is 5.88 Å². The highest BCUT2D eigenvalue weighted by Gasteiger charge is 2.26. The van der Waals surface area contributed by atoms with Gasteiger partial charge in [0.15, 0.2) is 11.5 Å². The molecule has 0 radical (unpaired) electrons. The van der Waals surface area contributed by atoms with Crippen molar-refractivity contribution in [1.82, 2.24) is 25.1 Å². The van der Waals surface area contributed by atoms with Crippen LogP contribution in [-0.2, 0) is 13.1 Å². The average Bonchev–Trinajstić information content (AvgIpc) is 3.33. The number of methoxy groups -OCH3 is 1. The topological polar surface area (TPSA) is 87.7 Å². The lowest BCUT2D eigenvalue weighted by molar-refractivity contribution is 0.0617. The smallest absolute Gasteiger partial charge is 0.275 e. The summed E-state index contributed by atoms with van der Waals surface area (Å²) in [5.74, 6) is -2.00. The lowest BCUT2D eigenvalue weighted by Gasteiger charge is -2.34. The van der Waals surface area contributed by atoms with Gasteiger partial charge in [0, 0.05) is 56.4 Å². The number of nitrogens with one attached hydrogen (secondary N) is 1. The molecule has 0 unspecified atom stereocenters. The van der Waals surface area contributed by atoms with E-state index in [1.807, 2.05) is 12.1 Å². The Morgan fingerprint density at radius 2 is 1.91 bits per heavy atom. The van der Waals surface area contributed by atoms with E-state index in [0.717, 1.165) is 22.6 Å². The van der Waals surface area contributed by atoms with E-state index in [2.05, 4.69) is 20.2 Å². The fourth-order valence-electron chi connectivity index (χ4n) is 3.57. The predicted molar refractivity (Wildman–Crippen MR) is 122 cm³/mol. The van der Waals surface area contributed by atoms with Crippen molar-refractivity contribution in [2.45, 2.75) is 13.1 Å². The number of carbonyl (C=O) groups is 2. The van der Waals surface area contributed by atoms with Crippen LogP contribution in [0.2, 0.25) is 0 Å².